The standard InChI is InChI=1S/C25H25N5O5S/c1-14-5-3-7-18(15(14)2)27-21(31)16-6-4-10-30(12-16)25(33)24-29-28-23(36-24)22(32)26-17-8-9-19-20(11-17)35-13-34-19/h3,5,7-9,11,16H,4,6,10,12-13H2,1-2H3,(H,26,32)(H,27,31). The molecular formula is C25H25N5O5S. The molecule has 5 rings (SSSR count). The quantitative estimate of drug-likeness (QED) is 0.541. The summed E-state index contributed by atoms with van der Waals surface area (Å²) in [6, 6.07) is 10.8. The van der Waals surface area contributed by atoms with Gasteiger partial charge in [-0.15, -0.1) is 10.2 Å². The van der Waals surface area contributed by atoms with E-state index in [2.05, 4.69) is 20.8 Å². The second-order valence-corrected chi connectivity index (χ2v) is 9.74. The Hall–Kier alpha value is -3.99. The zero-order chi connectivity index (χ0) is 25.2. The van der Waals surface area contributed by atoms with Gasteiger partial charge in [0.05, 0.1) is 5.92 Å². The number of anilines is 2. The molecule has 1 unspecified atom stereocenters. The number of aromatic nitrogens is 2. The van der Waals surface area contributed by atoms with Gasteiger partial charge in [0.25, 0.3) is 11.8 Å². The molecule has 0 saturated carbocycles. The molecule has 2 aliphatic rings. The van der Waals surface area contributed by atoms with Crippen LogP contribution >= 0.6 is 11.3 Å². The van der Waals surface area contributed by atoms with Crippen LogP contribution in [0.3, 0.4) is 0 Å². The molecule has 10 nitrogen and oxygen atoms in total. The van der Waals surface area contributed by atoms with Crippen molar-refractivity contribution in [3.05, 3.63) is 57.5 Å². The number of piperidine rings is 1. The summed E-state index contributed by atoms with van der Waals surface area (Å²) in [6.07, 6.45) is 1.40. The molecule has 0 radical (unpaired) electrons. The minimum absolute atomic E-state index is 0.0669. The predicted octanol–water partition coefficient (Wildman–Crippen LogP) is 3.63. The van der Waals surface area contributed by atoms with Crippen molar-refractivity contribution < 1.29 is 23.9 Å². The Morgan fingerprint density at radius 3 is 2.69 bits per heavy atom. The van der Waals surface area contributed by atoms with Gasteiger partial charge in [-0.3, -0.25) is 14.4 Å². The molecule has 1 atom stereocenters. The van der Waals surface area contributed by atoms with E-state index in [0.29, 0.717) is 36.6 Å². The SMILES string of the molecule is Cc1cccc(NC(=O)C2CCCN(C(=O)c3nnc(C(=O)Nc4ccc5c(c4)OCO5)s3)C2)c1C. The largest absolute Gasteiger partial charge is 0.454 e. The fraction of sp³-hybridized carbons (Fsp3) is 0.320. The van der Waals surface area contributed by atoms with Gasteiger partial charge in [-0.1, -0.05) is 23.5 Å². The molecule has 1 fully saturated rings. The lowest BCUT2D eigenvalue weighted by molar-refractivity contribution is -0.121. The van der Waals surface area contributed by atoms with Crippen LogP contribution in [0.25, 0.3) is 0 Å². The lowest BCUT2D eigenvalue weighted by Crippen LogP contribution is -2.43. The minimum atomic E-state index is -0.477. The highest BCUT2D eigenvalue weighted by atomic mass is 32.1. The van der Waals surface area contributed by atoms with E-state index in [1.54, 1.807) is 23.1 Å². The third-order valence-corrected chi connectivity index (χ3v) is 7.28. The highest BCUT2D eigenvalue weighted by Gasteiger charge is 2.31. The number of ether oxygens (including phenoxy) is 2. The first-order valence-corrected chi connectivity index (χ1v) is 12.4. The van der Waals surface area contributed by atoms with Crippen LogP contribution in [0.4, 0.5) is 11.4 Å². The maximum atomic E-state index is 13.1. The summed E-state index contributed by atoms with van der Waals surface area (Å²) in [5.74, 6) is -0.0956. The van der Waals surface area contributed by atoms with Crippen LogP contribution in [0.1, 0.15) is 43.6 Å². The Balaban J connectivity index is 1.21. The van der Waals surface area contributed by atoms with E-state index in [4.69, 9.17) is 9.47 Å². The highest BCUT2D eigenvalue weighted by molar-refractivity contribution is 7.15. The summed E-state index contributed by atoms with van der Waals surface area (Å²) in [7, 11) is 0. The first kappa shape index (κ1) is 23.7. The van der Waals surface area contributed by atoms with Crippen molar-refractivity contribution in [1.82, 2.24) is 15.1 Å². The monoisotopic (exact) mass is 507 g/mol. The molecule has 3 heterocycles. The zero-order valence-electron chi connectivity index (χ0n) is 19.9. The van der Waals surface area contributed by atoms with Crippen LogP contribution in [0.15, 0.2) is 36.4 Å². The molecule has 11 heteroatoms. The molecule has 1 saturated heterocycles. The molecule has 0 bridgehead atoms. The minimum Gasteiger partial charge on any atom is -0.454 e. The van der Waals surface area contributed by atoms with Gasteiger partial charge in [0.2, 0.25) is 22.7 Å². The summed E-state index contributed by atoms with van der Waals surface area (Å²) in [6.45, 7) is 4.91. The molecular weight excluding hydrogens is 482 g/mol. The predicted molar refractivity (Wildman–Crippen MR) is 134 cm³/mol. The van der Waals surface area contributed by atoms with E-state index in [1.807, 2.05) is 32.0 Å². The van der Waals surface area contributed by atoms with Crippen molar-refractivity contribution in [3.63, 3.8) is 0 Å². The van der Waals surface area contributed by atoms with Crippen LogP contribution in [0.2, 0.25) is 0 Å². The molecule has 1 aromatic heterocycles. The van der Waals surface area contributed by atoms with Crippen molar-refractivity contribution in [2.24, 2.45) is 5.92 Å². The van der Waals surface area contributed by atoms with Gasteiger partial charge in [0, 0.05) is 30.5 Å². The smallest absolute Gasteiger partial charge is 0.286 e. The molecule has 186 valence electrons. The lowest BCUT2D eigenvalue weighted by atomic mass is 9.96. The number of carbonyl (C=O) groups excluding carboxylic acids is 3. The molecule has 2 aliphatic heterocycles. The van der Waals surface area contributed by atoms with E-state index in [-0.39, 0.29) is 41.1 Å². The maximum Gasteiger partial charge on any atom is 0.286 e. The Labute approximate surface area is 211 Å². The zero-order valence-corrected chi connectivity index (χ0v) is 20.7. The number of hydrogen-bond donors (Lipinski definition) is 2. The van der Waals surface area contributed by atoms with E-state index in [9.17, 15) is 14.4 Å². The summed E-state index contributed by atoms with van der Waals surface area (Å²) < 4.78 is 10.6. The van der Waals surface area contributed by atoms with E-state index in [0.717, 1.165) is 28.2 Å². The number of fused-ring (bicyclic) bond motifs is 1. The van der Waals surface area contributed by atoms with Gasteiger partial charge in [-0.05, 0) is 56.0 Å². The summed E-state index contributed by atoms with van der Waals surface area (Å²) >= 11 is 0.921. The third-order valence-electron chi connectivity index (χ3n) is 6.37. The van der Waals surface area contributed by atoms with Gasteiger partial charge in [-0.25, -0.2) is 0 Å². The summed E-state index contributed by atoms with van der Waals surface area (Å²) in [5.41, 5.74) is 3.42. The average Bonchev–Trinajstić information content (AvgIpc) is 3.56. The Bertz CT molecular complexity index is 1340. The molecule has 3 amide bonds. The molecule has 2 aromatic carbocycles. The number of nitrogens with one attached hydrogen (secondary N) is 2. The lowest BCUT2D eigenvalue weighted by Gasteiger charge is -2.31. The number of likely N-dealkylation sites (tertiary alicyclic amines) is 1. The first-order chi connectivity index (χ1) is 17.4. The molecule has 2 N–H and O–H groups in total. The Morgan fingerprint density at radius 1 is 1.03 bits per heavy atom. The van der Waals surface area contributed by atoms with Crippen molar-refractivity contribution in [3.8, 4) is 11.5 Å². The number of benzene rings is 2. The number of hydrogen-bond acceptors (Lipinski definition) is 8. The van der Waals surface area contributed by atoms with Gasteiger partial charge >= 0.3 is 0 Å². The normalized spacial score (nSPS) is 16.5. The van der Waals surface area contributed by atoms with E-state index >= 15 is 0 Å². The van der Waals surface area contributed by atoms with Gasteiger partial charge < -0.3 is 25.0 Å². The summed E-state index contributed by atoms with van der Waals surface area (Å²) in [5, 5.41) is 13.8. The van der Waals surface area contributed by atoms with Crippen molar-refractivity contribution >= 4 is 40.4 Å². The fourth-order valence-corrected chi connectivity index (χ4v) is 4.90. The van der Waals surface area contributed by atoms with Gasteiger partial charge in [-0.2, -0.15) is 0 Å². The van der Waals surface area contributed by atoms with Crippen molar-refractivity contribution in [2.45, 2.75) is 26.7 Å². The second-order valence-electron chi connectivity index (χ2n) is 8.76. The molecule has 3 aromatic rings. The maximum absolute atomic E-state index is 13.1. The van der Waals surface area contributed by atoms with E-state index < -0.39 is 5.91 Å². The molecule has 36 heavy (non-hydrogen) atoms. The van der Waals surface area contributed by atoms with Crippen molar-refractivity contribution in [2.75, 3.05) is 30.5 Å². The van der Waals surface area contributed by atoms with Gasteiger partial charge in [0.1, 0.15) is 0 Å². The average molecular weight is 508 g/mol. The van der Waals surface area contributed by atoms with Crippen LogP contribution in [-0.2, 0) is 4.79 Å². The Morgan fingerprint density at radius 2 is 1.83 bits per heavy atom. The molecule has 0 aliphatic carbocycles. The van der Waals surface area contributed by atoms with E-state index in [1.165, 1.54) is 0 Å². The van der Waals surface area contributed by atoms with Crippen LogP contribution in [0, 0.1) is 19.8 Å². The first-order valence-electron chi connectivity index (χ1n) is 11.6. The number of rotatable bonds is 5. The topological polar surface area (TPSA) is 123 Å². The number of nitrogens with zero attached hydrogens (tertiary/aromatic N) is 3. The van der Waals surface area contributed by atoms with Crippen LogP contribution < -0.4 is 20.1 Å². The summed E-state index contributed by atoms with van der Waals surface area (Å²) in [4.78, 5) is 40.3. The fourth-order valence-electron chi connectivity index (χ4n) is 4.19. The van der Waals surface area contributed by atoms with Crippen LogP contribution in [-0.4, -0.2) is 52.7 Å². The number of amides is 3. The van der Waals surface area contributed by atoms with Crippen molar-refractivity contribution in [1.29, 1.82) is 0 Å². The van der Waals surface area contributed by atoms with Gasteiger partial charge in [0.15, 0.2) is 11.5 Å². The number of aryl methyl sites for hydroxylation is 1. The molecule has 0 spiro atoms. The van der Waals surface area contributed by atoms with Crippen LogP contribution in [0.5, 0.6) is 11.5 Å². The Kier molecular flexibility index (Phi) is 6.55. The third kappa shape index (κ3) is 4.87. The highest BCUT2D eigenvalue weighted by Crippen LogP contribution is 2.34. The number of carbonyl (C=O) groups is 3. The second kappa shape index (κ2) is 9.94.